The molecule has 0 aromatic heterocycles. The number of thiol groups is 1. The molecule has 23 heteroatoms. The van der Waals surface area contributed by atoms with Crippen molar-refractivity contribution < 1.29 is 51.3 Å². The standard InChI is InChI=1S/C10H15NO4.C6H11IO.C6H13NOS.C5H9IO2.C5H9NS.C5H12O3S.2C4H9I.C4H12N2/c1-2-3-4-5-10(14)15-11-8(12)6-7-9(11)13;1-6(2)8-5-3-4-7;1-2-3-4-7-6(8)5-9;6-3-1-2-4-8-5-7;1-2-3-4-7-5-6;1-2-3-4-5-9(6,7)8;2*1-2-3-4-5;1-2-3-4-6-5/h2-7H2,1H3;1,3-5H2,2H3;9H,2-5H2,1H3,(H,7,8);5H,1-4H2;2-4H2,1H3;2-5H2,1H3,(H,6,7,8);2*2-4H2,1H3;6H,2-5H2,1H3/p-1. The number of ether oxygens (including phenoxy) is 2. The van der Waals surface area contributed by atoms with E-state index in [4.69, 9.17) is 15.8 Å². The van der Waals surface area contributed by atoms with E-state index in [1.807, 2.05) is 26.2 Å². The number of thiocyanates is 1. The van der Waals surface area contributed by atoms with Crippen LogP contribution in [0.4, 0.5) is 0 Å². The Labute approximate surface area is 503 Å². The van der Waals surface area contributed by atoms with Crippen molar-refractivity contribution in [2.24, 2.45) is 5.84 Å². The summed E-state index contributed by atoms with van der Waals surface area (Å²) in [6.45, 7) is 23.8. The smallest absolute Gasteiger partial charge is 0.333 e. The largest absolute Gasteiger partial charge is 0.748 e. The first-order valence-electron chi connectivity index (χ1n) is 25.3. The van der Waals surface area contributed by atoms with Crippen LogP contribution in [0.5, 0.6) is 0 Å². The molecule has 0 radical (unpaired) electrons. The number of hydrogen-bond acceptors (Lipinski definition) is 16. The lowest BCUT2D eigenvalue weighted by Gasteiger charge is -2.12. The van der Waals surface area contributed by atoms with Crippen LogP contribution < -0.4 is 16.6 Å². The maximum Gasteiger partial charge on any atom is 0.333 e. The predicted octanol–water partition coefficient (Wildman–Crippen LogP) is 13.2. The van der Waals surface area contributed by atoms with Gasteiger partial charge in [-0.15, -0.1) is 5.06 Å². The van der Waals surface area contributed by atoms with E-state index < -0.39 is 27.9 Å². The Bertz CT molecular complexity index is 1280. The maximum atomic E-state index is 11.2. The second-order valence-corrected chi connectivity index (χ2v) is 22.0. The number of thioether (sulfide) groups is 1. The number of rotatable bonds is 32. The SMILES string of the molecule is C=C(C)OCCCI.CCCCCC(=O)ON1C(=O)CCC1=O.CCCCCS(=O)(=O)[O-].CCCCI.CCCCI.CCCCNC(=O)CS.CCCCNN.CCCCSC#N.O=COCCCCI. The van der Waals surface area contributed by atoms with Crippen molar-refractivity contribution >= 4 is 155 Å². The van der Waals surface area contributed by atoms with E-state index in [0.717, 1.165) is 111 Å². The number of amides is 3. The molecule has 1 rings (SSSR count). The van der Waals surface area contributed by atoms with Crippen LogP contribution in [0, 0.1) is 10.7 Å². The lowest BCUT2D eigenvalue weighted by molar-refractivity contribution is -0.197. The average molecular weight is 1540 g/mol. The van der Waals surface area contributed by atoms with Gasteiger partial charge < -0.3 is 24.2 Å². The van der Waals surface area contributed by atoms with Gasteiger partial charge in [-0.2, -0.15) is 17.9 Å². The number of halogens is 4. The van der Waals surface area contributed by atoms with Gasteiger partial charge >= 0.3 is 5.97 Å². The van der Waals surface area contributed by atoms with Gasteiger partial charge in [0.25, 0.3) is 18.3 Å². The number of nitrogens with zero attached hydrogens (tertiary/aromatic N) is 2. The van der Waals surface area contributed by atoms with Gasteiger partial charge in [-0.3, -0.25) is 30.4 Å². The van der Waals surface area contributed by atoms with Gasteiger partial charge in [0.05, 0.1) is 34.8 Å². The van der Waals surface area contributed by atoms with Gasteiger partial charge in [-0.1, -0.05) is 203 Å². The molecule has 72 heavy (non-hydrogen) atoms. The van der Waals surface area contributed by atoms with E-state index in [1.165, 1.54) is 65.6 Å². The fourth-order valence-electron chi connectivity index (χ4n) is 3.75. The van der Waals surface area contributed by atoms with Crippen molar-refractivity contribution in [3.63, 3.8) is 0 Å². The quantitative estimate of drug-likeness (QED) is 0.00418. The molecular formula is C49H98I4N5O11S3-. The van der Waals surface area contributed by atoms with E-state index in [2.05, 4.69) is 165 Å². The summed E-state index contributed by atoms with van der Waals surface area (Å²) in [5.74, 6) is 5.52. The summed E-state index contributed by atoms with van der Waals surface area (Å²) in [7, 11) is -3.95. The number of imide groups is 1. The number of nitrogens with one attached hydrogen (secondary N) is 2. The Morgan fingerprint density at radius 1 is 0.764 bits per heavy atom. The lowest BCUT2D eigenvalue weighted by Crippen LogP contribution is -2.31. The van der Waals surface area contributed by atoms with Crippen molar-refractivity contribution in [2.75, 3.05) is 61.3 Å². The normalized spacial score (nSPS) is 10.6. The van der Waals surface area contributed by atoms with Crippen LogP contribution in [0.15, 0.2) is 12.3 Å². The second-order valence-electron chi connectivity index (χ2n) is 15.0. The highest BCUT2D eigenvalue weighted by molar-refractivity contribution is 14.1. The van der Waals surface area contributed by atoms with Crippen LogP contribution in [0.25, 0.3) is 0 Å². The van der Waals surface area contributed by atoms with Crippen LogP contribution in [-0.2, 0) is 48.4 Å². The molecule has 0 aromatic rings. The van der Waals surface area contributed by atoms with Crippen molar-refractivity contribution in [3.05, 3.63) is 12.3 Å². The van der Waals surface area contributed by atoms with Crippen LogP contribution in [-0.4, -0.2) is 109 Å². The Morgan fingerprint density at radius 3 is 1.60 bits per heavy atom. The van der Waals surface area contributed by atoms with Crippen molar-refractivity contribution in [2.45, 2.75) is 197 Å². The topological polar surface area (TPSA) is 247 Å². The first kappa shape index (κ1) is 88.6. The molecule has 0 saturated carbocycles. The van der Waals surface area contributed by atoms with E-state index in [-0.39, 0.29) is 30.9 Å². The van der Waals surface area contributed by atoms with Crippen LogP contribution in [0.2, 0.25) is 0 Å². The molecular weight excluding hydrogens is 1440 g/mol. The molecule has 1 heterocycles. The number of allylic oxidation sites excluding steroid dienone is 1. The molecule has 0 aliphatic carbocycles. The minimum atomic E-state index is -3.95. The molecule has 0 atom stereocenters. The molecule has 1 aliphatic heterocycles. The molecule has 3 amide bonds. The van der Waals surface area contributed by atoms with Crippen LogP contribution in [0.3, 0.4) is 0 Å². The predicted molar refractivity (Wildman–Crippen MR) is 339 cm³/mol. The number of carbonyl (C=O) groups is 5. The molecule has 1 saturated heterocycles. The number of hydroxylamine groups is 2. The molecule has 1 aliphatic rings. The van der Waals surface area contributed by atoms with E-state index >= 15 is 0 Å². The highest BCUT2D eigenvalue weighted by Gasteiger charge is 2.32. The molecule has 0 aromatic carbocycles. The zero-order valence-electron chi connectivity index (χ0n) is 45.4. The van der Waals surface area contributed by atoms with Crippen LogP contribution in [0.1, 0.15) is 197 Å². The fourth-order valence-corrected chi connectivity index (χ4v) is 7.32. The Balaban J connectivity index is -0.000000109. The number of carbonyl (C=O) groups excluding carboxylic acids is 5. The summed E-state index contributed by atoms with van der Waals surface area (Å²) < 4.78 is 44.3. The minimum Gasteiger partial charge on any atom is -0.748 e. The third-order valence-corrected chi connectivity index (χ3v) is 12.6. The van der Waals surface area contributed by atoms with Gasteiger partial charge in [-0.25, -0.2) is 13.2 Å². The first-order chi connectivity index (χ1) is 34.4. The van der Waals surface area contributed by atoms with E-state index in [0.29, 0.717) is 30.3 Å². The summed E-state index contributed by atoms with van der Waals surface area (Å²) in [6.07, 6.45) is 21.1. The fraction of sp³-hybridized carbons (Fsp3) is 0.837. The second kappa shape index (κ2) is 82.4. The Hall–Kier alpha value is 0.0300. The summed E-state index contributed by atoms with van der Waals surface area (Å²) >= 11 is 14.5. The zero-order chi connectivity index (χ0) is 57.0. The zero-order valence-corrected chi connectivity index (χ0v) is 56.5. The monoisotopic (exact) mass is 1540 g/mol. The van der Waals surface area contributed by atoms with Crippen LogP contribution >= 0.6 is 115 Å². The summed E-state index contributed by atoms with van der Waals surface area (Å²) in [5.41, 5.74) is 2.57. The van der Waals surface area contributed by atoms with Gasteiger partial charge in [-0.05, 0) is 96.2 Å². The number of nitriles is 1. The molecule has 0 unspecified atom stereocenters. The number of hydrogen-bond donors (Lipinski definition) is 4. The molecule has 1 fully saturated rings. The van der Waals surface area contributed by atoms with E-state index in [1.54, 1.807) is 0 Å². The Morgan fingerprint density at radius 2 is 1.24 bits per heavy atom. The summed E-state index contributed by atoms with van der Waals surface area (Å²) in [6, 6.07) is 0. The number of alkyl halides is 4. The minimum absolute atomic E-state index is 0.0202. The lowest BCUT2D eigenvalue weighted by atomic mass is 10.2. The van der Waals surface area contributed by atoms with Crippen molar-refractivity contribution in [1.82, 2.24) is 15.8 Å². The van der Waals surface area contributed by atoms with Crippen molar-refractivity contribution in [3.8, 4) is 5.40 Å². The van der Waals surface area contributed by atoms with Gasteiger partial charge in [0.15, 0.2) is 0 Å². The Kier molecular flexibility index (Phi) is 101. The summed E-state index contributed by atoms with van der Waals surface area (Å²) in [4.78, 5) is 58.1. The maximum absolute atomic E-state index is 11.2. The molecule has 4 N–H and O–H groups in total. The van der Waals surface area contributed by atoms with Gasteiger partial charge in [0.1, 0.15) is 5.40 Å². The highest BCUT2D eigenvalue weighted by atomic mass is 127. The third kappa shape index (κ3) is 106. The molecule has 432 valence electrons. The number of nitrogens with two attached hydrogens (primary N) is 1. The summed E-state index contributed by atoms with van der Waals surface area (Å²) in [5, 5.41) is 13.3. The van der Waals surface area contributed by atoms with E-state index in [9.17, 15) is 36.9 Å². The number of unbranched alkanes of at least 4 members (excludes halogenated alkanes) is 10. The van der Waals surface area contributed by atoms with Crippen molar-refractivity contribution in [1.29, 1.82) is 5.26 Å². The van der Waals surface area contributed by atoms with Gasteiger partial charge in [0.2, 0.25) is 5.91 Å². The third-order valence-electron chi connectivity index (χ3n) is 7.83. The van der Waals surface area contributed by atoms with Gasteiger partial charge in [0, 0.05) is 48.3 Å². The number of hydrazine groups is 1. The molecule has 0 spiro atoms. The molecule has 16 nitrogen and oxygen atoms in total. The molecule has 0 bridgehead atoms. The average Bonchev–Trinajstić information content (AvgIpc) is 3.66. The highest BCUT2D eigenvalue weighted by Crippen LogP contribution is 2.13. The first-order valence-corrected chi connectivity index (χ1v) is 34.6.